The average molecular weight is 387 g/mol. The Balaban J connectivity index is 1.48. The van der Waals surface area contributed by atoms with Crippen LogP contribution in [0.15, 0.2) is 67.1 Å². The molecule has 144 valence electrons. The number of aromatic carboxylic acids is 1. The second-order valence-electron chi connectivity index (χ2n) is 6.25. The molecule has 0 fully saturated rings. The minimum Gasteiger partial charge on any atom is -0.488 e. The van der Waals surface area contributed by atoms with Gasteiger partial charge in [-0.3, -0.25) is 0 Å². The number of anilines is 3. The number of rotatable bonds is 6. The predicted molar refractivity (Wildman–Crippen MR) is 109 cm³/mol. The quantitative estimate of drug-likeness (QED) is 0.429. The van der Waals surface area contributed by atoms with Gasteiger partial charge in [0.1, 0.15) is 24.0 Å². The fourth-order valence-electron chi connectivity index (χ4n) is 2.85. The van der Waals surface area contributed by atoms with E-state index in [1.807, 2.05) is 48.5 Å². The maximum atomic E-state index is 10.8. The van der Waals surface area contributed by atoms with Crippen molar-refractivity contribution in [1.29, 1.82) is 0 Å². The molecular weight excluding hydrogens is 370 g/mol. The number of hydrogen-bond donors (Lipinski definition) is 3. The van der Waals surface area contributed by atoms with Gasteiger partial charge in [-0.15, -0.1) is 0 Å². The summed E-state index contributed by atoms with van der Waals surface area (Å²) in [5.41, 5.74) is 7.52. The van der Waals surface area contributed by atoms with E-state index >= 15 is 0 Å². The van der Waals surface area contributed by atoms with Crippen LogP contribution in [-0.2, 0) is 6.61 Å². The molecule has 0 bridgehead atoms. The average Bonchev–Trinajstić information content (AvgIpc) is 2.74. The van der Waals surface area contributed by atoms with Crippen molar-refractivity contribution < 1.29 is 14.6 Å². The zero-order chi connectivity index (χ0) is 20.2. The van der Waals surface area contributed by atoms with Crippen LogP contribution >= 0.6 is 0 Å². The Kier molecular flexibility index (Phi) is 4.90. The van der Waals surface area contributed by atoms with Gasteiger partial charge in [-0.25, -0.2) is 19.7 Å². The highest BCUT2D eigenvalue weighted by Crippen LogP contribution is 2.30. The van der Waals surface area contributed by atoms with Gasteiger partial charge >= 0.3 is 5.97 Å². The third kappa shape index (κ3) is 4.06. The molecule has 0 saturated carbocycles. The number of fused-ring (bicyclic) bond motifs is 1. The summed E-state index contributed by atoms with van der Waals surface area (Å²) in [5, 5.41) is 13.8. The van der Waals surface area contributed by atoms with Crippen molar-refractivity contribution in [1.82, 2.24) is 15.0 Å². The van der Waals surface area contributed by atoms with Gasteiger partial charge < -0.3 is 20.9 Å². The largest absolute Gasteiger partial charge is 0.488 e. The van der Waals surface area contributed by atoms with Crippen molar-refractivity contribution in [3.8, 4) is 5.75 Å². The van der Waals surface area contributed by atoms with Gasteiger partial charge in [-0.1, -0.05) is 24.3 Å². The smallest absolute Gasteiger partial charge is 0.356 e. The zero-order valence-corrected chi connectivity index (χ0v) is 15.2. The molecular formula is C21H17N5O3. The molecule has 4 N–H and O–H groups in total. The monoisotopic (exact) mass is 387 g/mol. The minimum absolute atomic E-state index is 0.124. The first-order valence-corrected chi connectivity index (χ1v) is 8.77. The van der Waals surface area contributed by atoms with Crippen molar-refractivity contribution in [2.75, 3.05) is 11.1 Å². The number of nitrogens with zero attached hydrogens (tertiary/aromatic N) is 3. The van der Waals surface area contributed by atoms with E-state index in [2.05, 4.69) is 20.3 Å². The lowest BCUT2D eigenvalue weighted by molar-refractivity contribution is 0.0690. The number of benzene rings is 2. The fraction of sp³-hybridized carbons (Fsp3) is 0.0476. The lowest BCUT2D eigenvalue weighted by Crippen LogP contribution is -2.04. The van der Waals surface area contributed by atoms with Crippen LogP contribution in [0.3, 0.4) is 0 Å². The van der Waals surface area contributed by atoms with Gasteiger partial charge in [-0.2, -0.15) is 0 Å². The Morgan fingerprint density at radius 2 is 1.83 bits per heavy atom. The molecule has 0 amide bonds. The van der Waals surface area contributed by atoms with Crippen LogP contribution in [0.25, 0.3) is 10.8 Å². The maximum Gasteiger partial charge on any atom is 0.356 e. The van der Waals surface area contributed by atoms with Crippen LogP contribution < -0.4 is 15.8 Å². The molecule has 0 unspecified atom stereocenters. The summed E-state index contributed by atoms with van der Waals surface area (Å²) < 4.78 is 6.00. The molecule has 0 radical (unpaired) electrons. The van der Waals surface area contributed by atoms with Crippen LogP contribution in [0.5, 0.6) is 5.75 Å². The molecule has 0 aliphatic heterocycles. The third-order valence-electron chi connectivity index (χ3n) is 4.26. The van der Waals surface area contributed by atoms with Crippen LogP contribution in [0.1, 0.15) is 16.1 Å². The van der Waals surface area contributed by atoms with Crippen molar-refractivity contribution in [3.63, 3.8) is 0 Å². The van der Waals surface area contributed by atoms with Crippen LogP contribution in [0.2, 0.25) is 0 Å². The number of carboxylic acid groups (broad SMARTS) is 1. The molecule has 0 atom stereocenters. The second-order valence-corrected chi connectivity index (χ2v) is 6.25. The predicted octanol–water partition coefficient (Wildman–Crippen LogP) is 3.63. The highest BCUT2D eigenvalue weighted by Gasteiger charge is 2.07. The standard InChI is InChI=1S/C21H17N5O3/c22-16-5-6-18(15-4-2-1-3-14(15)16)29-12-13-7-8-23-19(9-13)26-20-11-24-17(10-25-20)21(27)28/h1-11H,12,22H2,(H,27,28)(H,23,25,26). The van der Waals surface area contributed by atoms with E-state index in [0.717, 1.165) is 22.1 Å². The van der Waals surface area contributed by atoms with Gasteiger partial charge in [-0.05, 0) is 29.8 Å². The van der Waals surface area contributed by atoms with Crippen LogP contribution in [-0.4, -0.2) is 26.0 Å². The fourth-order valence-corrected chi connectivity index (χ4v) is 2.85. The normalized spacial score (nSPS) is 10.6. The number of carboxylic acids is 1. The Morgan fingerprint density at radius 1 is 1.00 bits per heavy atom. The number of aromatic nitrogens is 3. The molecule has 8 nitrogen and oxygen atoms in total. The summed E-state index contributed by atoms with van der Waals surface area (Å²) >= 11 is 0. The highest BCUT2D eigenvalue weighted by molar-refractivity contribution is 5.97. The number of pyridine rings is 1. The molecule has 4 rings (SSSR count). The molecule has 8 heteroatoms. The first-order valence-electron chi connectivity index (χ1n) is 8.77. The molecule has 2 aromatic carbocycles. The number of nitrogens with one attached hydrogen (secondary N) is 1. The van der Waals surface area contributed by atoms with E-state index < -0.39 is 5.97 Å². The van der Waals surface area contributed by atoms with E-state index in [9.17, 15) is 4.79 Å². The van der Waals surface area contributed by atoms with Crippen LogP contribution in [0.4, 0.5) is 17.3 Å². The molecule has 2 aromatic heterocycles. The third-order valence-corrected chi connectivity index (χ3v) is 4.26. The lowest BCUT2D eigenvalue weighted by Gasteiger charge is -2.12. The van der Waals surface area contributed by atoms with Crippen molar-refractivity contribution in [3.05, 3.63) is 78.4 Å². The number of ether oxygens (including phenoxy) is 1. The Labute approximate surface area is 166 Å². The Morgan fingerprint density at radius 3 is 2.59 bits per heavy atom. The molecule has 0 aliphatic carbocycles. The first-order chi connectivity index (χ1) is 14.1. The summed E-state index contributed by atoms with van der Waals surface area (Å²) in [6.07, 6.45) is 4.18. The number of nitrogen functional groups attached to an aromatic ring is 1. The molecule has 0 spiro atoms. The Bertz CT molecular complexity index is 1180. The van der Waals surface area contributed by atoms with Crippen molar-refractivity contribution in [2.24, 2.45) is 0 Å². The van der Waals surface area contributed by atoms with Crippen molar-refractivity contribution >= 4 is 34.1 Å². The van der Waals surface area contributed by atoms with Crippen LogP contribution in [0, 0.1) is 0 Å². The van der Waals surface area contributed by atoms with Gasteiger partial charge in [0.05, 0.1) is 12.4 Å². The number of hydrogen-bond acceptors (Lipinski definition) is 7. The molecule has 0 aliphatic rings. The van der Waals surface area contributed by atoms with E-state index in [0.29, 0.717) is 23.9 Å². The van der Waals surface area contributed by atoms with E-state index in [-0.39, 0.29) is 5.69 Å². The van der Waals surface area contributed by atoms with E-state index in [1.54, 1.807) is 6.20 Å². The zero-order valence-electron chi connectivity index (χ0n) is 15.2. The van der Waals surface area contributed by atoms with Gasteiger partial charge in [0.2, 0.25) is 0 Å². The summed E-state index contributed by atoms with van der Waals surface area (Å²) in [7, 11) is 0. The number of carbonyl (C=O) groups is 1. The minimum atomic E-state index is -1.13. The van der Waals surface area contributed by atoms with E-state index in [1.165, 1.54) is 12.4 Å². The summed E-state index contributed by atoms with van der Waals surface area (Å²) in [6.45, 7) is 0.342. The highest BCUT2D eigenvalue weighted by atomic mass is 16.5. The molecule has 4 aromatic rings. The van der Waals surface area contributed by atoms with Gasteiger partial charge in [0.25, 0.3) is 0 Å². The Hall–Kier alpha value is -4.20. The first kappa shape index (κ1) is 18.2. The van der Waals surface area contributed by atoms with Crippen molar-refractivity contribution in [2.45, 2.75) is 6.61 Å². The summed E-state index contributed by atoms with van der Waals surface area (Å²) in [4.78, 5) is 22.9. The number of nitrogens with two attached hydrogens (primary N) is 1. The molecule has 2 heterocycles. The van der Waals surface area contributed by atoms with Gasteiger partial charge in [0, 0.05) is 22.7 Å². The second kappa shape index (κ2) is 7.81. The van der Waals surface area contributed by atoms with E-state index in [4.69, 9.17) is 15.6 Å². The summed E-state index contributed by atoms with van der Waals surface area (Å²) in [6, 6.07) is 15.2. The van der Waals surface area contributed by atoms with Gasteiger partial charge in [0.15, 0.2) is 5.69 Å². The maximum absolute atomic E-state index is 10.8. The summed E-state index contributed by atoms with van der Waals surface area (Å²) in [5.74, 6) is 0.559. The lowest BCUT2D eigenvalue weighted by atomic mass is 10.1. The SMILES string of the molecule is Nc1ccc(OCc2ccnc(Nc3cnc(C(=O)O)cn3)c2)c2ccccc12. The topological polar surface area (TPSA) is 123 Å². The molecule has 29 heavy (non-hydrogen) atoms. The molecule has 0 saturated heterocycles.